The molecule has 25 heavy (non-hydrogen) atoms. The molecule has 1 amide bonds. The fraction of sp³-hybridized carbons (Fsp3) is 0.556. The average Bonchev–Trinajstić information content (AvgIpc) is 2.57. The summed E-state index contributed by atoms with van der Waals surface area (Å²) in [5, 5.41) is 6.52. The van der Waals surface area contributed by atoms with Crippen molar-refractivity contribution in [2.24, 2.45) is 4.99 Å². The van der Waals surface area contributed by atoms with Gasteiger partial charge in [0.25, 0.3) is 5.91 Å². The zero-order valence-corrected chi connectivity index (χ0v) is 18.4. The van der Waals surface area contributed by atoms with Crippen molar-refractivity contribution in [3.05, 3.63) is 35.4 Å². The predicted octanol–water partition coefficient (Wildman–Crippen LogP) is 2.14. The molecule has 1 aromatic carbocycles. The van der Waals surface area contributed by atoms with Gasteiger partial charge in [0.2, 0.25) is 0 Å². The lowest BCUT2D eigenvalue weighted by molar-refractivity contribution is 0.0268. The number of hydrogen-bond acceptors (Lipinski definition) is 3. The van der Waals surface area contributed by atoms with E-state index in [-0.39, 0.29) is 35.5 Å². The topological polar surface area (TPSA) is 66.0 Å². The van der Waals surface area contributed by atoms with Crippen molar-refractivity contribution < 1.29 is 9.53 Å². The Morgan fingerprint density at radius 1 is 1.28 bits per heavy atom. The molecule has 0 fully saturated rings. The summed E-state index contributed by atoms with van der Waals surface area (Å²) in [5.74, 6) is 0.754. The number of carbonyl (C=O) groups excluding carboxylic acids is 1. The number of rotatable bonds is 7. The number of methoxy groups -OCH3 is 1. The Hall–Kier alpha value is -1.35. The molecule has 0 heterocycles. The highest BCUT2D eigenvalue weighted by atomic mass is 127. The molecule has 6 nitrogen and oxygen atoms in total. The first kappa shape index (κ1) is 23.6. The molecule has 0 aromatic heterocycles. The van der Waals surface area contributed by atoms with Gasteiger partial charge < -0.3 is 20.3 Å². The first-order chi connectivity index (χ1) is 11.3. The smallest absolute Gasteiger partial charge is 0.253 e. The van der Waals surface area contributed by atoms with Crippen LogP contribution in [0.1, 0.15) is 29.8 Å². The maximum absolute atomic E-state index is 12.0. The standard InChI is InChI=1S/C18H30N4O2.HI/c1-18(2,24-6)13-21-17(19-3)20-11-10-14-8-7-9-15(12-14)16(23)22(4)5;/h7-9,12H,10-11,13H2,1-6H3,(H2,19,20,21);1H. The SMILES string of the molecule is CN=C(NCCc1cccc(C(=O)N(C)C)c1)NCC(C)(C)OC.I. The second-order valence-electron chi connectivity index (χ2n) is 6.47. The van der Waals surface area contributed by atoms with Crippen LogP contribution in [-0.4, -0.2) is 63.7 Å². The fourth-order valence-corrected chi connectivity index (χ4v) is 2.03. The Balaban J connectivity index is 0.00000576. The molecule has 0 spiro atoms. The van der Waals surface area contributed by atoms with Crippen LogP contribution >= 0.6 is 24.0 Å². The molecule has 0 unspecified atom stereocenters. The quantitative estimate of drug-likeness (QED) is 0.370. The summed E-state index contributed by atoms with van der Waals surface area (Å²) in [7, 11) is 6.95. The van der Waals surface area contributed by atoms with E-state index in [9.17, 15) is 4.79 Å². The number of amides is 1. The molecule has 0 radical (unpaired) electrons. The van der Waals surface area contributed by atoms with Crippen LogP contribution in [0.3, 0.4) is 0 Å². The second kappa shape index (κ2) is 11.3. The van der Waals surface area contributed by atoms with Crippen molar-refractivity contribution in [3.63, 3.8) is 0 Å². The summed E-state index contributed by atoms with van der Waals surface area (Å²) in [6.07, 6.45) is 0.808. The third-order valence-corrected chi connectivity index (χ3v) is 3.74. The summed E-state index contributed by atoms with van der Waals surface area (Å²) >= 11 is 0. The van der Waals surface area contributed by atoms with Gasteiger partial charge in [0.1, 0.15) is 0 Å². The molecule has 0 aliphatic rings. The van der Waals surface area contributed by atoms with Gasteiger partial charge in [-0.2, -0.15) is 0 Å². The molecule has 0 atom stereocenters. The lowest BCUT2D eigenvalue weighted by Crippen LogP contribution is -2.45. The van der Waals surface area contributed by atoms with Gasteiger partial charge in [0, 0.05) is 46.9 Å². The molecular formula is C18H31IN4O2. The van der Waals surface area contributed by atoms with Crippen molar-refractivity contribution in [2.75, 3.05) is 41.3 Å². The number of ether oxygens (including phenoxy) is 1. The molecule has 0 saturated carbocycles. The summed E-state index contributed by atoms with van der Waals surface area (Å²) in [5.41, 5.74) is 1.57. The zero-order chi connectivity index (χ0) is 18.2. The van der Waals surface area contributed by atoms with E-state index in [0.29, 0.717) is 12.1 Å². The highest BCUT2D eigenvalue weighted by Gasteiger charge is 2.16. The van der Waals surface area contributed by atoms with E-state index >= 15 is 0 Å². The predicted molar refractivity (Wildman–Crippen MR) is 114 cm³/mol. The maximum Gasteiger partial charge on any atom is 0.253 e. The van der Waals surface area contributed by atoms with Crippen molar-refractivity contribution in [1.82, 2.24) is 15.5 Å². The Bertz CT molecular complexity index is 574. The van der Waals surface area contributed by atoms with Gasteiger partial charge in [0.05, 0.1) is 5.60 Å². The number of nitrogens with one attached hydrogen (secondary N) is 2. The highest BCUT2D eigenvalue weighted by molar-refractivity contribution is 14.0. The lowest BCUT2D eigenvalue weighted by Gasteiger charge is -2.24. The minimum atomic E-state index is -0.251. The molecule has 0 saturated heterocycles. The van der Waals surface area contributed by atoms with Gasteiger partial charge in [-0.05, 0) is 38.0 Å². The van der Waals surface area contributed by atoms with E-state index in [2.05, 4.69) is 15.6 Å². The van der Waals surface area contributed by atoms with Crippen LogP contribution in [0.15, 0.2) is 29.3 Å². The van der Waals surface area contributed by atoms with Gasteiger partial charge in [-0.1, -0.05) is 12.1 Å². The Morgan fingerprint density at radius 3 is 2.52 bits per heavy atom. The van der Waals surface area contributed by atoms with Gasteiger partial charge in [-0.25, -0.2) is 0 Å². The Labute approximate surface area is 168 Å². The van der Waals surface area contributed by atoms with Crippen LogP contribution in [0.5, 0.6) is 0 Å². The average molecular weight is 462 g/mol. The molecule has 142 valence electrons. The van der Waals surface area contributed by atoms with Crippen LogP contribution in [0.25, 0.3) is 0 Å². The maximum atomic E-state index is 12.0. The Kier molecular flexibility index (Phi) is 10.7. The second-order valence-corrected chi connectivity index (χ2v) is 6.47. The van der Waals surface area contributed by atoms with Gasteiger partial charge in [-0.15, -0.1) is 24.0 Å². The van der Waals surface area contributed by atoms with E-state index in [1.54, 1.807) is 33.2 Å². The summed E-state index contributed by atoms with van der Waals surface area (Å²) < 4.78 is 5.38. The number of halogens is 1. The minimum absolute atomic E-state index is 0. The summed E-state index contributed by atoms with van der Waals surface area (Å²) in [4.78, 5) is 17.8. The largest absolute Gasteiger partial charge is 0.377 e. The van der Waals surface area contributed by atoms with Gasteiger partial charge in [-0.3, -0.25) is 9.79 Å². The van der Waals surface area contributed by atoms with Crippen molar-refractivity contribution in [2.45, 2.75) is 25.9 Å². The van der Waals surface area contributed by atoms with E-state index in [1.165, 1.54) is 0 Å². The van der Waals surface area contributed by atoms with Crippen LogP contribution in [0, 0.1) is 0 Å². The summed E-state index contributed by atoms with van der Waals surface area (Å²) in [6.45, 7) is 5.42. The third kappa shape index (κ3) is 8.53. The summed E-state index contributed by atoms with van der Waals surface area (Å²) in [6, 6.07) is 7.72. The number of benzene rings is 1. The van der Waals surface area contributed by atoms with Crippen LogP contribution in [0.4, 0.5) is 0 Å². The van der Waals surface area contributed by atoms with E-state index < -0.39 is 0 Å². The number of hydrogen-bond donors (Lipinski definition) is 2. The van der Waals surface area contributed by atoms with Crippen molar-refractivity contribution in [3.8, 4) is 0 Å². The monoisotopic (exact) mass is 462 g/mol. The molecule has 2 N–H and O–H groups in total. The molecule has 0 bridgehead atoms. The number of aliphatic imine (C=N–C) groups is 1. The van der Waals surface area contributed by atoms with E-state index in [4.69, 9.17) is 4.74 Å². The molecule has 0 aliphatic carbocycles. The first-order valence-corrected chi connectivity index (χ1v) is 8.09. The molecule has 0 aliphatic heterocycles. The fourth-order valence-electron chi connectivity index (χ4n) is 2.03. The number of nitrogens with zero attached hydrogens (tertiary/aromatic N) is 2. The molecular weight excluding hydrogens is 431 g/mol. The van der Waals surface area contributed by atoms with Crippen molar-refractivity contribution >= 4 is 35.8 Å². The van der Waals surface area contributed by atoms with Crippen LogP contribution in [-0.2, 0) is 11.2 Å². The van der Waals surface area contributed by atoms with Crippen LogP contribution < -0.4 is 10.6 Å². The number of carbonyl (C=O) groups is 1. The van der Waals surface area contributed by atoms with Gasteiger partial charge >= 0.3 is 0 Å². The molecule has 7 heteroatoms. The Morgan fingerprint density at radius 2 is 1.96 bits per heavy atom. The highest BCUT2D eigenvalue weighted by Crippen LogP contribution is 2.08. The molecule has 1 rings (SSSR count). The van der Waals surface area contributed by atoms with Gasteiger partial charge in [0.15, 0.2) is 5.96 Å². The minimum Gasteiger partial charge on any atom is -0.377 e. The number of guanidine groups is 1. The van der Waals surface area contributed by atoms with Crippen LogP contribution in [0.2, 0.25) is 0 Å². The first-order valence-electron chi connectivity index (χ1n) is 8.09. The zero-order valence-electron chi connectivity index (χ0n) is 16.0. The molecule has 1 aromatic rings. The van der Waals surface area contributed by atoms with E-state index in [1.807, 2.05) is 38.1 Å². The van der Waals surface area contributed by atoms with E-state index in [0.717, 1.165) is 24.5 Å². The lowest BCUT2D eigenvalue weighted by atomic mass is 10.1. The third-order valence-electron chi connectivity index (χ3n) is 3.74. The normalized spacial score (nSPS) is 11.5. The van der Waals surface area contributed by atoms with Crippen molar-refractivity contribution in [1.29, 1.82) is 0 Å².